The second kappa shape index (κ2) is 5.23. The van der Waals surface area contributed by atoms with Crippen molar-refractivity contribution < 1.29 is 0 Å². The molecular formula is C11H16N4S. The van der Waals surface area contributed by atoms with Gasteiger partial charge in [-0.1, -0.05) is 0 Å². The fourth-order valence-electron chi connectivity index (χ4n) is 1.61. The first-order valence-electron chi connectivity index (χ1n) is 5.36. The Bertz CT molecular complexity index is 433. The lowest BCUT2D eigenvalue weighted by Gasteiger charge is -2.01. The molecule has 4 nitrogen and oxygen atoms in total. The molecule has 2 heterocycles. The molecule has 2 rings (SSSR count). The molecule has 0 amide bonds. The molecule has 0 radical (unpaired) electrons. The normalized spacial score (nSPS) is 10.9. The van der Waals surface area contributed by atoms with Crippen molar-refractivity contribution in [2.24, 2.45) is 0 Å². The Morgan fingerprint density at radius 1 is 1.44 bits per heavy atom. The third-order valence-electron chi connectivity index (χ3n) is 2.40. The van der Waals surface area contributed by atoms with Gasteiger partial charge in [0, 0.05) is 29.9 Å². The number of rotatable bonds is 5. The van der Waals surface area contributed by atoms with Crippen LogP contribution < -0.4 is 5.32 Å². The highest BCUT2D eigenvalue weighted by atomic mass is 32.1. The lowest BCUT2D eigenvalue weighted by atomic mass is 10.3. The molecule has 0 saturated carbocycles. The number of aromatic amines is 1. The Labute approximate surface area is 99.2 Å². The number of imidazole rings is 1. The van der Waals surface area contributed by atoms with Crippen molar-refractivity contribution in [1.29, 1.82) is 0 Å². The number of hydrogen-bond donors (Lipinski definition) is 2. The highest BCUT2D eigenvalue weighted by Crippen LogP contribution is 2.16. The van der Waals surface area contributed by atoms with E-state index in [0.717, 1.165) is 30.2 Å². The maximum absolute atomic E-state index is 4.41. The van der Waals surface area contributed by atoms with Crippen molar-refractivity contribution in [3.63, 3.8) is 0 Å². The first-order chi connectivity index (χ1) is 7.75. The van der Waals surface area contributed by atoms with Gasteiger partial charge in [-0.15, -0.1) is 11.3 Å². The van der Waals surface area contributed by atoms with Crippen molar-refractivity contribution in [3.8, 4) is 0 Å². The predicted octanol–water partition coefficient (Wildman–Crippen LogP) is 1.82. The predicted molar refractivity (Wildman–Crippen MR) is 65.6 cm³/mol. The van der Waals surface area contributed by atoms with E-state index in [9.17, 15) is 0 Å². The highest BCUT2D eigenvalue weighted by molar-refractivity contribution is 7.11. The van der Waals surface area contributed by atoms with Crippen molar-refractivity contribution in [2.45, 2.75) is 26.8 Å². The molecular weight excluding hydrogens is 220 g/mol. The average molecular weight is 236 g/mol. The van der Waals surface area contributed by atoms with Crippen LogP contribution in [0.4, 0.5) is 0 Å². The summed E-state index contributed by atoms with van der Waals surface area (Å²) in [4.78, 5) is 12.8. The van der Waals surface area contributed by atoms with Gasteiger partial charge < -0.3 is 10.3 Å². The van der Waals surface area contributed by atoms with E-state index in [1.54, 1.807) is 17.7 Å². The number of H-pyrrole nitrogens is 1. The molecule has 0 aliphatic heterocycles. The molecule has 0 aliphatic carbocycles. The molecule has 0 aromatic carbocycles. The largest absolute Gasteiger partial charge is 0.347 e. The topological polar surface area (TPSA) is 53.6 Å². The molecule has 0 unspecified atom stereocenters. The van der Waals surface area contributed by atoms with Crippen molar-refractivity contribution in [3.05, 3.63) is 33.8 Å². The van der Waals surface area contributed by atoms with Gasteiger partial charge in [-0.05, 0) is 20.3 Å². The fourth-order valence-corrected chi connectivity index (χ4v) is 2.55. The monoisotopic (exact) mass is 236 g/mol. The van der Waals surface area contributed by atoms with E-state index in [0.29, 0.717) is 0 Å². The van der Waals surface area contributed by atoms with Gasteiger partial charge >= 0.3 is 0 Å². The van der Waals surface area contributed by atoms with Gasteiger partial charge in [-0.3, -0.25) is 0 Å². The number of aromatic nitrogens is 3. The average Bonchev–Trinajstić information content (AvgIpc) is 2.84. The zero-order chi connectivity index (χ0) is 11.4. The van der Waals surface area contributed by atoms with Crippen LogP contribution in [0.25, 0.3) is 0 Å². The van der Waals surface area contributed by atoms with Gasteiger partial charge in [0.2, 0.25) is 0 Å². The Morgan fingerprint density at radius 3 is 2.94 bits per heavy atom. The third-order valence-corrected chi connectivity index (χ3v) is 3.53. The van der Waals surface area contributed by atoms with Gasteiger partial charge in [-0.25, -0.2) is 9.97 Å². The molecule has 5 heteroatoms. The molecule has 0 aliphatic rings. The Kier molecular flexibility index (Phi) is 3.69. The molecule has 0 saturated heterocycles. The highest BCUT2D eigenvalue weighted by Gasteiger charge is 2.03. The van der Waals surface area contributed by atoms with Gasteiger partial charge in [0.25, 0.3) is 0 Å². The van der Waals surface area contributed by atoms with Crippen LogP contribution in [0.2, 0.25) is 0 Å². The van der Waals surface area contributed by atoms with Crippen LogP contribution in [0.5, 0.6) is 0 Å². The van der Waals surface area contributed by atoms with Crippen LogP contribution in [0.15, 0.2) is 12.5 Å². The minimum Gasteiger partial charge on any atom is -0.347 e. The standard InChI is InChI=1S/C11H16N4S/c1-8-11(16-9(2)15-8)3-4-12-5-10-6-13-7-14-10/h6-7,12H,3-5H2,1-2H3,(H,13,14). The quantitative estimate of drug-likeness (QED) is 0.779. The lowest BCUT2D eigenvalue weighted by molar-refractivity contribution is 0.679. The molecule has 16 heavy (non-hydrogen) atoms. The molecule has 0 bridgehead atoms. The van der Waals surface area contributed by atoms with Crippen LogP contribution in [0.1, 0.15) is 21.3 Å². The van der Waals surface area contributed by atoms with Crippen LogP contribution in [-0.2, 0) is 13.0 Å². The number of aryl methyl sites for hydroxylation is 2. The number of nitrogens with one attached hydrogen (secondary N) is 2. The summed E-state index contributed by atoms with van der Waals surface area (Å²) in [5.41, 5.74) is 2.29. The maximum atomic E-state index is 4.41. The van der Waals surface area contributed by atoms with E-state index in [4.69, 9.17) is 0 Å². The van der Waals surface area contributed by atoms with Crippen LogP contribution in [0.3, 0.4) is 0 Å². The fraction of sp³-hybridized carbons (Fsp3) is 0.455. The second-order valence-electron chi connectivity index (χ2n) is 3.75. The smallest absolute Gasteiger partial charge is 0.0922 e. The second-order valence-corrected chi connectivity index (χ2v) is 5.03. The van der Waals surface area contributed by atoms with Crippen LogP contribution in [0, 0.1) is 13.8 Å². The lowest BCUT2D eigenvalue weighted by Crippen LogP contribution is -2.16. The molecule has 86 valence electrons. The van der Waals surface area contributed by atoms with Gasteiger partial charge in [0.05, 0.1) is 17.0 Å². The van der Waals surface area contributed by atoms with E-state index in [-0.39, 0.29) is 0 Å². The summed E-state index contributed by atoms with van der Waals surface area (Å²) in [7, 11) is 0. The van der Waals surface area contributed by atoms with E-state index in [2.05, 4.69) is 34.1 Å². The first kappa shape index (κ1) is 11.3. The molecule has 2 aromatic rings. The van der Waals surface area contributed by atoms with E-state index in [1.807, 2.05) is 6.20 Å². The molecule has 0 atom stereocenters. The summed E-state index contributed by atoms with van der Waals surface area (Å²) in [6.45, 7) is 5.95. The minimum atomic E-state index is 0.844. The molecule has 2 N–H and O–H groups in total. The summed E-state index contributed by atoms with van der Waals surface area (Å²) in [5, 5.41) is 4.53. The molecule has 2 aromatic heterocycles. The van der Waals surface area contributed by atoms with E-state index in [1.165, 1.54) is 10.6 Å². The van der Waals surface area contributed by atoms with E-state index < -0.39 is 0 Å². The Balaban J connectivity index is 1.74. The Hall–Kier alpha value is -1.20. The SMILES string of the molecule is Cc1nc(C)c(CCNCc2cnc[nH]2)s1. The van der Waals surface area contributed by atoms with E-state index >= 15 is 0 Å². The first-order valence-corrected chi connectivity index (χ1v) is 6.18. The molecule has 0 fully saturated rings. The zero-order valence-electron chi connectivity index (χ0n) is 9.58. The van der Waals surface area contributed by atoms with Gasteiger partial charge in [-0.2, -0.15) is 0 Å². The minimum absolute atomic E-state index is 0.844. The van der Waals surface area contributed by atoms with Crippen molar-refractivity contribution in [2.75, 3.05) is 6.54 Å². The van der Waals surface area contributed by atoms with Crippen molar-refractivity contribution >= 4 is 11.3 Å². The third kappa shape index (κ3) is 2.90. The summed E-state index contributed by atoms with van der Waals surface area (Å²) in [5.74, 6) is 0. The number of thiazole rings is 1. The maximum Gasteiger partial charge on any atom is 0.0922 e. The van der Waals surface area contributed by atoms with Crippen molar-refractivity contribution in [1.82, 2.24) is 20.3 Å². The number of hydrogen-bond acceptors (Lipinski definition) is 4. The summed E-state index contributed by atoms with van der Waals surface area (Å²) >= 11 is 1.79. The molecule has 0 spiro atoms. The summed E-state index contributed by atoms with van der Waals surface area (Å²) < 4.78 is 0. The van der Waals surface area contributed by atoms with Crippen LogP contribution >= 0.6 is 11.3 Å². The Morgan fingerprint density at radius 2 is 2.31 bits per heavy atom. The zero-order valence-corrected chi connectivity index (χ0v) is 10.4. The van der Waals surface area contributed by atoms with Gasteiger partial charge in [0.1, 0.15) is 0 Å². The number of nitrogens with zero attached hydrogens (tertiary/aromatic N) is 2. The van der Waals surface area contributed by atoms with Crippen LogP contribution in [-0.4, -0.2) is 21.5 Å². The summed E-state index contributed by atoms with van der Waals surface area (Å²) in [6, 6.07) is 0. The van der Waals surface area contributed by atoms with Gasteiger partial charge in [0.15, 0.2) is 0 Å². The summed E-state index contributed by atoms with van der Waals surface area (Å²) in [6.07, 6.45) is 4.59.